The number of carboxylic acid groups (broad SMARTS) is 1. The van der Waals surface area contributed by atoms with Crippen molar-refractivity contribution in [1.82, 2.24) is 4.37 Å². The van der Waals surface area contributed by atoms with E-state index in [1.54, 1.807) is 0 Å². The quantitative estimate of drug-likeness (QED) is 0.905. The minimum absolute atomic E-state index is 0.235. The van der Waals surface area contributed by atoms with Crippen molar-refractivity contribution in [2.45, 2.75) is 6.92 Å². The summed E-state index contributed by atoms with van der Waals surface area (Å²) in [7, 11) is 0. The van der Waals surface area contributed by atoms with E-state index >= 15 is 0 Å². The van der Waals surface area contributed by atoms with E-state index in [4.69, 9.17) is 9.84 Å². The number of aromatic carboxylic acids is 1. The third kappa shape index (κ3) is 2.45. The number of carbonyl (C=O) groups is 1. The number of aromatic nitrogens is 1. The lowest BCUT2D eigenvalue weighted by Crippen LogP contribution is -1.97. The van der Waals surface area contributed by atoms with Crippen LogP contribution in [0.5, 0.6) is 5.75 Å². The Morgan fingerprint density at radius 2 is 2.12 bits per heavy atom. The highest BCUT2D eigenvalue weighted by atomic mass is 32.1. The van der Waals surface area contributed by atoms with Crippen LogP contribution in [0.15, 0.2) is 29.6 Å². The largest absolute Gasteiger partial charge is 0.494 e. The summed E-state index contributed by atoms with van der Waals surface area (Å²) in [6, 6.07) is 7.24. The van der Waals surface area contributed by atoms with E-state index in [9.17, 15) is 4.79 Å². The number of carboxylic acids is 1. The molecule has 0 saturated heterocycles. The summed E-state index contributed by atoms with van der Waals surface area (Å²) in [4.78, 5) is 11.0. The lowest BCUT2D eigenvalue weighted by molar-refractivity contribution is 0.0698. The Balaban J connectivity index is 2.33. The van der Waals surface area contributed by atoms with Crippen LogP contribution in [0, 0.1) is 0 Å². The number of ether oxygens (including phenoxy) is 1. The standard InChI is InChI=1S/C12H11NO3S/c1-2-16-9-5-3-8(4-6-9)11-10(12(14)15)7-17-13-11/h3-7H,2H2,1H3,(H,14,15). The fraction of sp³-hybridized carbons (Fsp3) is 0.167. The first kappa shape index (κ1) is 11.6. The predicted molar refractivity (Wildman–Crippen MR) is 65.7 cm³/mol. The highest BCUT2D eigenvalue weighted by molar-refractivity contribution is 7.04. The van der Waals surface area contributed by atoms with Gasteiger partial charge in [-0.3, -0.25) is 0 Å². The van der Waals surface area contributed by atoms with Crippen LogP contribution in [0.4, 0.5) is 0 Å². The Morgan fingerprint density at radius 3 is 2.71 bits per heavy atom. The molecule has 1 N–H and O–H groups in total. The van der Waals surface area contributed by atoms with Crippen molar-refractivity contribution in [2.75, 3.05) is 6.61 Å². The van der Waals surface area contributed by atoms with Crippen LogP contribution in [0.25, 0.3) is 11.3 Å². The van der Waals surface area contributed by atoms with Gasteiger partial charge in [-0.15, -0.1) is 0 Å². The van der Waals surface area contributed by atoms with Crippen molar-refractivity contribution in [3.05, 3.63) is 35.2 Å². The third-order valence-electron chi connectivity index (χ3n) is 2.24. The topological polar surface area (TPSA) is 59.4 Å². The second-order valence-electron chi connectivity index (χ2n) is 3.34. The molecule has 2 rings (SSSR count). The van der Waals surface area contributed by atoms with Gasteiger partial charge in [-0.25, -0.2) is 4.79 Å². The lowest BCUT2D eigenvalue weighted by Gasteiger charge is -2.03. The number of benzene rings is 1. The lowest BCUT2D eigenvalue weighted by atomic mass is 10.1. The van der Waals surface area contributed by atoms with Crippen molar-refractivity contribution < 1.29 is 14.6 Å². The van der Waals surface area contributed by atoms with Gasteiger partial charge in [-0.2, -0.15) is 4.37 Å². The maximum absolute atomic E-state index is 11.0. The maximum Gasteiger partial charge on any atom is 0.338 e. The predicted octanol–water partition coefficient (Wildman–Crippen LogP) is 2.91. The highest BCUT2D eigenvalue weighted by Crippen LogP contribution is 2.26. The molecule has 0 atom stereocenters. The minimum Gasteiger partial charge on any atom is -0.494 e. The van der Waals surface area contributed by atoms with Gasteiger partial charge in [-0.05, 0) is 42.7 Å². The van der Waals surface area contributed by atoms with Gasteiger partial charge < -0.3 is 9.84 Å². The molecule has 0 bridgehead atoms. The number of rotatable bonds is 4. The molecule has 88 valence electrons. The zero-order valence-electron chi connectivity index (χ0n) is 9.21. The zero-order chi connectivity index (χ0) is 12.3. The van der Waals surface area contributed by atoms with E-state index < -0.39 is 5.97 Å². The van der Waals surface area contributed by atoms with Crippen LogP contribution in [-0.2, 0) is 0 Å². The van der Waals surface area contributed by atoms with Crippen LogP contribution in [0.3, 0.4) is 0 Å². The van der Waals surface area contributed by atoms with Gasteiger partial charge in [0.25, 0.3) is 0 Å². The van der Waals surface area contributed by atoms with E-state index in [1.165, 1.54) is 5.38 Å². The van der Waals surface area contributed by atoms with Crippen LogP contribution in [-0.4, -0.2) is 22.1 Å². The maximum atomic E-state index is 11.0. The molecule has 5 heteroatoms. The number of nitrogens with zero attached hydrogens (tertiary/aromatic N) is 1. The Labute approximate surface area is 103 Å². The molecule has 0 spiro atoms. The Kier molecular flexibility index (Phi) is 3.39. The van der Waals surface area contributed by atoms with Crippen molar-refractivity contribution in [3.8, 4) is 17.0 Å². The molecule has 1 heterocycles. The van der Waals surface area contributed by atoms with Crippen LogP contribution in [0.2, 0.25) is 0 Å². The number of hydrogen-bond donors (Lipinski definition) is 1. The van der Waals surface area contributed by atoms with Crippen molar-refractivity contribution in [3.63, 3.8) is 0 Å². The summed E-state index contributed by atoms with van der Waals surface area (Å²) in [5.74, 6) is -0.189. The molecule has 1 aromatic heterocycles. The molecule has 0 aliphatic rings. The molecule has 0 unspecified atom stereocenters. The van der Waals surface area contributed by atoms with E-state index in [-0.39, 0.29) is 5.56 Å². The van der Waals surface area contributed by atoms with E-state index in [1.807, 2.05) is 31.2 Å². The fourth-order valence-corrected chi connectivity index (χ4v) is 2.15. The summed E-state index contributed by atoms with van der Waals surface area (Å²) in [6.07, 6.45) is 0. The first-order valence-electron chi connectivity index (χ1n) is 5.13. The molecule has 0 radical (unpaired) electrons. The van der Waals surface area contributed by atoms with Gasteiger partial charge in [-0.1, -0.05) is 0 Å². The Morgan fingerprint density at radius 1 is 1.41 bits per heavy atom. The molecule has 0 aliphatic heterocycles. The SMILES string of the molecule is CCOc1ccc(-c2nscc2C(=O)O)cc1. The van der Waals surface area contributed by atoms with Gasteiger partial charge in [0.2, 0.25) is 0 Å². The van der Waals surface area contributed by atoms with Gasteiger partial charge in [0.05, 0.1) is 17.9 Å². The van der Waals surface area contributed by atoms with Crippen molar-refractivity contribution in [2.24, 2.45) is 0 Å². The van der Waals surface area contributed by atoms with Gasteiger partial charge in [0.1, 0.15) is 5.75 Å². The average Bonchev–Trinajstić information content (AvgIpc) is 2.79. The summed E-state index contributed by atoms with van der Waals surface area (Å²) in [5, 5.41) is 10.5. The molecule has 0 fully saturated rings. The summed E-state index contributed by atoms with van der Waals surface area (Å²) < 4.78 is 9.43. The Hall–Kier alpha value is -1.88. The Bertz CT molecular complexity index is 519. The monoisotopic (exact) mass is 249 g/mol. The second-order valence-corrected chi connectivity index (χ2v) is 3.97. The van der Waals surface area contributed by atoms with Gasteiger partial charge in [0.15, 0.2) is 0 Å². The molecule has 17 heavy (non-hydrogen) atoms. The van der Waals surface area contributed by atoms with Gasteiger partial charge >= 0.3 is 5.97 Å². The molecule has 0 amide bonds. The molecular formula is C12H11NO3S. The van der Waals surface area contributed by atoms with E-state index in [2.05, 4.69) is 4.37 Å². The van der Waals surface area contributed by atoms with Crippen LogP contribution >= 0.6 is 11.5 Å². The highest BCUT2D eigenvalue weighted by Gasteiger charge is 2.14. The summed E-state index contributed by atoms with van der Waals surface area (Å²) in [5.41, 5.74) is 1.52. The fourth-order valence-electron chi connectivity index (χ4n) is 1.47. The first-order chi connectivity index (χ1) is 8.22. The van der Waals surface area contributed by atoms with Crippen LogP contribution < -0.4 is 4.74 Å². The van der Waals surface area contributed by atoms with Crippen molar-refractivity contribution in [1.29, 1.82) is 0 Å². The van der Waals surface area contributed by atoms with E-state index in [0.29, 0.717) is 12.3 Å². The third-order valence-corrected chi connectivity index (χ3v) is 2.87. The molecule has 0 aliphatic carbocycles. The summed E-state index contributed by atoms with van der Waals surface area (Å²) in [6.45, 7) is 2.52. The van der Waals surface area contributed by atoms with Crippen molar-refractivity contribution >= 4 is 17.5 Å². The smallest absolute Gasteiger partial charge is 0.338 e. The minimum atomic E-state index is -0.956. The van der Waals surface area contributed by atoms with E-state index in [0.717, 1.165) is 22.8 Å². The van der Waals surface area contributed by atoms with Gasteiger partial charge in [0, 0.05) is 10.9 Å². The zero-order valence-corrected chi connectivity index (χ0v) is 10.0. The van der Waals surface area contributed by atoms with Crippen LogP contribution in [0.1, 0.15) is 17.3 Å². The molecule has 4 nitrogen and oxygen atoms in total. The molecular weight excluding hydrogens is 238 g/mol. The second kappa shape index (κ2) is 4.97. The number of hydrogen-bond acceptors (Lipinski definition) is 4. The molecule has 0 saturated carbocycles. The summed E-state index contributed by atoms with van der Waals surface area (Å²) >= 11 is 1.14. The normalized spacial score (nSPS) is 10.2. The molecule has 1 aromatic carbocycles. The average molecular weight is 249 g/mol. The molecule has 2 aromatic rings. The first-order valence-corrected chi connectivity index (χ1v) is 5.97.